The van der Waals surface area contributed by atoms with E-state index in [2.05, 4.69) is 4.74 Å². The van der Waals surface area contributed by atoms with Crippen LogP contribution in [0.25, 0.3) is 0 Å². The van der Waals surface area contributed by atoms with Crippen LogP contribution in [0.5, 0.6) is 0 Å². The van der Waals surface area contributed by atoms with Crippen LogP contribution in [0, 0.1) is 29.6 Å². The topological polar surface area (TPSA) is 87.0 Å². The zero-order valence-electron chi connectivity index (χ0n) is 7.62. The third-order valence-electron chi connectivity index (χ3n) is 1.69. The molecule has 5 heteroatoms. The van der Waals surface area contributed by atoms with Crippen molar-refractivity contribution in [3.05, 3.63) is 22.6 Å². The third-order valence-corrected chi connectivity index (χ3v) is 1.69. The molecule has 0 spiro atoms. The van der Waals surface area contributed by atoms with E-state index in [1.165, 1.54) is 14.0 Å². The highest BCUT2D eigenvalue weighted by atomic mass is 16.5. The molecule has 0 radical (unpaired) electrons. The molecule has 0 aliphatic rings. The minimum absolute atomic E-state index is 0.0200. The lowest BCUT2D eigenvalue weighted by Crippen LogP contribution is -2.03. The maximum atomic E-state index is 11.2. The number of nitriles is 2. The number of carbonyl (C=O) groups is 1. The van der Waals surface area contributed by atoms with Gasteiger partial charge in [-0.1, -0.05) is 0 Å². The summed E-state index contributed by atoms with van der Waals surface area (Å²) < 4.78 is 9.38. The quantitative estimate of drug-likeness (QED) is 0.619. The minimum atomic E-state index is -0.677. The summed E-state index contributed by atoms with van der Waals surface area (Å²) in [7, 11) is 1.20. The van der Waals surface area contributed by atoms with Gasteiger partial charge in [-0.15, -0.1) is 0 Å². The van der Waals surface area contributed by atoms with Gasteiger partial charge in [0.05, 0.1) is 7.11 Å². The van der Waals surface area contributed by atoms with Gasteiger partial charge in [0.1, 0.15) is 29.0 Å². The van der Waals surface area contributed by atoms with Crippen LogP contribution in [-0.2, 0) is 4.74 Å². The standard InChI is InChI=1S/C9H6N2O3/c1-5-8(9(12)13-2)6(3-10)7(4-11)14-5/h1-2H3. The molecule has 1 heterocycles. The molecular formula is C9H6N2O3. The van der Waals surface area contributed by atoms with Crippen molar-refractivity contribution in [3.63, 3.8) is 0 Å². The fraction of sp³-hybridized carbons (Fsp3) is 0.222. The largest absolute Gasteiger partial charge is 0.465 e. The molecule has 0 N–H and O–H groups in total. The molecule has 0 fully saturated rings. The van der Waals surface area contributed by atoms with Gasteiger partial charge in [-0.05, 0) is 6.92 Å². The Morgan fingerprint density at radius 1 is 1.43 bits per heavy atom. The van der Waals surface area contributed by atoms with E-state index in [0.29, 0.717) is 0 Å². The van der Waals surface area contributed by atoms with E-state index in [1.807, 2.05) is 0 Å². The molecule has 0 amide bonds. The van der Waals surface area contributed by atoms with Gasteiger partial charge in [0.2, 0.25) is 5.76 Å². The number of nitrogens with zero attached hydrogens (tertiary/aromatic N) is 2. The summed E-state index contributed by atoms with van der Waals surface area (Å²) in [4.78, 5) is 11.2. The fourth-order valence-corrected chi connectivity index (χ4v) is 1.08. The van der Waals surface area contributed by atoms with Crippen LogP contribution in [0.15, 0.2) is 4.42 Å². The zero-order chi connectivity index (χ0) is 10.7. The number of rotatable bonds is 1. The Labute approximate surface area is 80.1 Å². The summed E-state index contributed by atoms with van der Waals surface area (Å²) in [5.74, 6) is -0.625. The summed E-state index contributed by atoms with van der Waals surface area (Å²) in [6.07, 6.45) is 0. The second-order valence-corrected chi connectivity index (χ2v) is 2.45. The number of methoxy groups -OCH3 is 1. The zero-order valence-corrected chi connectivity index (χ0v) is 7.62. The summed E-state index contributed by atoms with van der Waals surface area (Å²) in [6, 6.07) is 3.42. The minimum Gasteiger partial charge on any atom is -0.465 e. The Kier molecular flexibility index (Phi) is 2.54. The van der Waals surface area contributed by atoms with Crippen molar-refractivity contribution in [3.8, 4) is 12.1 Å². The average Bonchev–Trinajstić information content (AvgIpc) is 2.53. The van der Waals surface area contributed by atoms with E-state index in [4.69, 9.17) is 14.9 Å². The Bertz CT molecular complexity index is 460. The van der Waals surface area contributed by atoms with Gasteiger partial charge in [-0.25, -0.2) is 4.79 Å². The molecule has 1 rings (SSSR count). The van der Waals surface area contributed by atoms with E-state index in [9.17, 15) is 4.79 Å². The van der Waals surface area contributed by atoms with Crippen molar-refractivity contribution in [1.29, 1.82) is 10.5 Å². The van der Waals surface area contributed by atoms with Gasteiger partial charge in [0, 0.05) is 0 Å². The molecule has 0 saturated carbocycles. The second kappa shape index (κ2) is 3.63. The summed E-state index contributed by atoms with van der Waals surface area (Å²) in [5.41, 5.74) is -0.0524. The van der Waals surface area contributed by atoms with Gasteiger partial charge in [-0.2, -0.15) is 10.5 Å². The van der Waals surface area contributed by atoms with Crippen molar-refractivity contribution < 1.29 is 13.9 Å². The van der Waals surface area contributed by atoms with E-state index >= 15 is 0 Å². The predicted molar refractivity (Wildman–Crippen MR) is 44.2 cm³/mol. The Hall–Kier alpha value is -2.27. The molecule has 5 nitrogen and oxygen atoms in total. The lowest BCUT2D eigenvalue weighted by atomic mass is 10.1. The molecule has 0 aliphatic heterocycles. The van der Waals surface area contributed by atoms with Crippen LogP contribution >= 0.6 is 0 Å². The monoisotopic (exact) mass is 190 g/mol. The number of carbonyl (C=O) groups excluding carboxylic acids is 1. The summed E-state index contributed by atoms with van der Waals surface area (Å²) in [5, 5.41) is 17.3. The molecule has 1 aromatic rings. The summed E-state index contributed by atoms with van der Waals surface area (Å²) >= 11 is 0. The smallest absolute Gasteiger partial charge is 0.342 e. The van der Waals surface area contributed by atoms with Crippen molar-refractivity contribution in [2.24, 2.45) is 0 Å². The van der Waals surface area contributed by atoms with Gasteiger partial charge in [0.25, 0.3) is 0 Å². The molecule has 0 aromatic carbocycles. The van der Waals surface area contributed by atoms with E-state index in [-0.39, 0.29) is 22.6 Å². The third kappa shape index (κ3) is 1.32. The SMILES string of the molecule is COC(=O)c1c(C)oc(C#N)c1C#N. The summed E-state index contributed by atoms with van der Waals surface area (Å²) in [6.45, 7) is 1.49. The van der Waals surface area contributed by atoms with E-state index < -0.39 is 5.97 Å². The predicted octanol–water partition coefficient (Wildman–Crippen LogP) is 1.12. The molecule has 0 bridgehead atoms. The second-order valence-electron chi connectivity index (χ2n) is 2.45. The first-order chi connectivity index (χ1) is 6.65. The van der Waals surface area contributed by atoms with Gasteiger partial charge in [0.15, 0.2) is 0 Å². The number of esters is 1. The lowest BCUT2D eigenvalue weighted by molar-refractivity contribution is 0.0598. The van der Waals surface area contributed by atoms with Gasteiger partial charge < -0.3 is 9.15 Å². The average molecular weight is 190 g/mol. The van der Waals surface area contributed by atoms with Crippen molar-refractivity contribution in [1.82, 2.24) is 0 Å². The normalized spacial score (nSPS) is 8.86. The highest BCUT2D eigenvalue weighted by Gasteiger charge is 2.23. The maximum Gasteiger partial charge on any atom is 0.342 e. The van der Waals surface area contributed by atoms with Crippen molar-refractivity contribution >= 4 is 5.97 Å². The van der Waals surface area contributed by atoms with Crippen LogP contribution in [0.2, 0.25) is 0 Å². The molecule has 1 aromatic heterocycles. The highest BCUT2D eigenvalue weighted by Crippen LogP contribution is 2.21. The van der Waals surface area contributed by atoms with Crippen molar-refractivity contribution in [2.75, 3.05) is 7.11 Å². The number of hydrogen-bond donors (Lipinski definition) is 0. The van der Waals surface area contributed by atoms with Gasteiger partial charge >= 0.3 is 5.97 Å². The molecule has 0 unspecified atom stereocenters. The number of aryl methyl sites for hydroxylation is 1. The number of ether oxygens (including phenoxy) is 1. The molecule has 0 saturated heterocycles. The number of furan rings is 1. The van der Waals surface area contributed by atoms with Gasteiger partial charge in [-0.3, -0.25) is 0 Å². The fourth-order valence-electron chi connectivity index (χ4n) is 1.08. The van der Waals surface area contributed by atoms with Crippen molar-refractivity contribution in [2.45, 2.75) is 6.92 Å². The van der Waals surface area contributed by atoms with Crippen LogP contribution in [0.1, 0.15) is 27.4 Å². The van der Waals surface area contributed by atoms with Crippen LogP contribution < -0.4 is 0 Å². The first-order valence-electron chi connectivity index (χ1n) is 3.67. The Morgan fingerprint density at radius 3 is 2.50 bits per heavy atom. The first-order valence-corrected chi connectivity index (χ1v) is 3.67. The maximum absolute atomic E-state index is 11.2. The molecule has 14 heavy (non-hydrogen) atoms. The van der Waals surface area contributed by atoms with E-state index in [1.54, 1.807) is 12.1 Å². The molecular weight excluding hydrogens is 184 g/mol. The molecule has 0 aliphatic carbocycles. The Balaban J connectivity index is 3.45. The number of hydrogen-bond acceptors (Lipinski definition) is 5. The highest BCUT2D eigenvalue weighted by molar-refractivity contribution is 5.93. The first kappa shape index (κ1) is 9.82. The van der Waals surface area contributed by atoms with Crippen LogP contribution in [-0.4, -0.2) is 13.1 Å². The molecule has 0 atom stereocenters. The van der Waals surface area contributed by atoms with Crippen LogP contribution in [0.4, 0.5) is 0 Å². The molecule has 70 valence electrons. The van der Waals surface area contributed by atoms with Crippen LogP contribution in [0.3, 0.4) is 0 Å². The lowest BCUT2D eigenvalue weighted by Gasteiger charge is -1.95. The van der Waals surface area contributed by atoms with E-state index in [0.717, 1.165) is 0 Å². The Morgan fingerprint density at radius 2 is 2.07 bits per heavy atom.